The van der Waals surface area contributed by atoms with Gasteiger partial charge in [-0.2, -0.15) is 0 Å². The molecule has 6 nitrogen and oxygen atoms in total. The maximum absolute atomic E-state index is 12.0. The first-order valence-electron chi connectivity index (χ1n) is 7.47. The molecule has 0 saturated heterocycles. The van der Waals surface area contributed by atoms with E-state index in [1.165, 1.54) is 24.3 Å². The predicted octanol–water partition coefficient (Wildman–Crippen LogP) is 3.14. The predicted molar refractivity (Wildman–Crippen MR) is 86.7 cm³/mol. The summed E-state index contributed by atoms with van der Waals surface area (Å²) < 4.78 is 0. The first kappa shape index (κ1) is 17.3. The van der Waals surface area contributed by atoms with E-state index in [0.29, 0.717) is 12.8 Å². The molecular weight excluding hydrogens is 312 g/mol. The number of hydrogen-bond acceptors (Lipinski definition) is 6. The molecule has 0 aromatic heterocycles. The van der Waals surface area contributed by atoms with E-state index < -0.39 is 0 Å². The number of hydrogen-bond donors (Lipinski definition) is 4. The standard InChI is InChI=1S/C18H18O6/c19-13-5-11(6-14(20)9-13)17(23)3-1-2-4-18(24)12-7-15(21)10-16(22)8-12/h5-10,19-22H,1-4H2. The van der Waals surface area contributed by atoms with Crippen LogP contribution in [0.4, 0.5) is 0 Å². The summed E-state index contributed by atoms with van der Waals surface area (Å²) >= 11 is 0. The van der Waals surface area contributed by atoms with Gasteiger partial charge in [0.25, 0.3) is 0 Å². The minimum atomic E-state index is -0.233. The van der Waals surface area contributed by atoms with E-state index in [1.54, 1.807) is 0 Å². The Hall–Kier alpha value is -3.02. The minimum absolute atomic E-state index is 0.182. The van der Waals surface area contributed by atoms with Crippen molar-refractivity contribution in [3.8, 4) is 23.0 Å². The Kier molecular flexibility index (Phi) is 5.42. The van der Waals surface area contributed by atoms with Gasteiger partial charge in [-0.15, -0.1) is 0 Å². The molecule has 2 aromatic carbocycles. The van der Waals surface area contributed by atoms with Gasteiger partial charge in [0.1, 0.15) is 23.0 Å². The second-order valence-corrected chi connectivity index (χ2v) is 5.53. The van der Waals surface area contributed by atoms with Crippen LogP contribution >= 0.6 is 0 Å². The zero-order valence-corrected chi connectivity index (χ0v) is 12.9. The van der Waals surface area contributed by atoms with Crippen molar-refractivity contribution in [1.82, 2.24) is 0 Å². The Morgan fingerprint density at radius 2 is 0.875 bits per heavy atom. The number of phenols is 4. The Balaban J connectivity index is 1.84. The molecule has 0 amide bonds. The molecule has 0 spiro atoms. The molecule has 2 aromatic rings. The summed E-state index contributed by atoms with van der Waals surface area (Å²) in [6.07, 6.45) is 1.29. The largest absolute Gasteiger partial charge is 0.508 e. The molecule has 6 heteroatoms. The second-order valence-electron chi connectivity index (χ2n) is 5.53. The average molecular weight is 330 g/mol. The molecule has 4 N–H and O–H groups in total. The number of rotatable bonds is 7. The fourth-order valence-corrected chi connectivity index (χ4v) is 2.37. The van der Waals surface area contributed by atoms with Crippen LogP contribution < -0.4 is 0 Å². The molecule has 0 bridgehead atoms. The van der Waals surface area contributed by atoms with Crippen LogP contribution in [-0.4, -0.2) is 32.0 Å². The van der Waals surface area contributed by atoms with Crippen molar-refractivity contribution in [3.63, 3.8) is 0 Å². The summed E-state index contributed by atoms with van der Waals surface area (Å²) in [5, 5.41) is 37.4. The van der Waals surface area contributed by atoms with Crippen molar-refractivity contribution in [3.05, 3.63) is 47.5 Å². The third kappa shape index (κ3) is 4.74. The molecule has 0 saturated carbocycles. The quantitative estimate of drug-likeness (QED) is 0.458. The lowest BCUT2D eigenvalue weighted by atomic mass is 10.0. The lowest BCUT2D eigenvalue weighted by molar-refractivity contribution is 0.0954. The van der Waals surface area contributed by atoms with Gasteiger partial charge in [-0.05, 0) is 37.1 Å². The number of Topliss-reactive ketones (excluding diaryl/α,β-unsaturated/α-hetero) is 2. The van der Waals surface area contributed by atoms with Gasteiger partial charge < -0.3 is 20.4 Å². The number of ketones is 2. The van der Waals surface area contributed by atoms with Crippen LogP contribution in [0.25, 0.3) is 0 Å². The zero-order valence-electron chi connectivity index (χ0n) is 12.9. The topological polar surface area (TPSA) is 115 Å². The van der Waals surface area contributed by atoms with Gasteiger partial charge in [0, 0.05) is 36.1 Å². The van der Waals surface area contributed by atoms with Crippen LogP contribution in [0.2, 0.25) is 0 Å². The van der Waals surface area contributed by atoms with Crippen LogP contribution in [0.1, 0.15) is 46.4 Å². The maximum Gasteiger partial charge on any atom is 0.163 e. The maximum atomic E-state index is 12.0. The molecule has 0 aliphatic rings. The molecule has 0 aliphatic heterocycles. The van der Waals surface area contributed by atoms with E-state index in [1.807, 2.05) is 0 Å². The lowest BCUT2D eigenvalue weighted by Gasteiger charge is -2.04. The van der Waals surface area contributed by atoms with E-state index >= 15 is 0 Å². The zero-order chi connectivity index (χ0) is 17.7. The van der Waals surface area contributed by atoms with Crippen LogP contribution in [-0.2, 0) is 0 Å². The van der Waals surface area contributed by atoms with Crippen molar-refractivity contribution in [2.75, 3.05) is 0 Å². The second kappa shape index (κ2) is 7.50. The van der Waals surface area contributed by atoms with Crippen molar-refractivity contribution in [2.45, 2.75) is 25.7 Å². The smallest absolute Gasteiger partial charge is 0.163 e. The first-order chi connectivity index (χ1) is 11.3. The van der Waals surface area contributed by atoms with E-state index in [9.17, 15) is 30.0 Å². The number of phenolic OH excluding ortho intramolecular Hbond substituents is 4. The van der Waals surface area contributed by atoms with Gasteiger partial charge in [-0.25, -0.2) is 0 Å². The summed E-state index contributed by atoms with van der Waals surface area (Å²) in [5.41, 5.74) is 0.438. The first-order valence-corrected chi connectivity index (χ1v) is 7.47. The Bertz CT molecular complexity index is 660. The van der Waals surface area contributed by atoms with Crippen molar-refractivity contribution < 1.29 is 30.0 Å². The average Bonchev–Trinajstić information content (AvgIpc) is 2.49. The Labute approximate surface area is 138 Å². The highest BCUT2D eigenvalue weighted by molar-refractivity contribution is 5.97. The third-order valence-electron chi connectivity index (χ3n) is 3.51. The number of carbonyl (C=O) groups excluding carboxylic acids is 2. The highest BCUT2D eigenvalue weighted by Crippen LogP contribution is 2.23. The molecule has 0 fully saturated rings. The summed E-state index contributed by atoms with van der Waals surface area (Å²) in [4.78, 5) is 24.0. The van der Waals surface area contributed by atoms with Gasteiger partial charge >= 0.3 is 0 Å². The van der Waals surface area contributed by atoms with Gasteiger partial charge in [0.2, 0.25) is 0 Å². The molecule has 0 atom stereocenters. The molecule has 2 rings (SSSR count). The lowest BCUT2D eigenvalue weighted by Crippen LogP contribution is -2.02. The molecule has 0 radical (unpaired) electrons. The minimum Gasteiger partial charge on any atom is -0.508 e. The number of aromatic hydroxyl groups is 4. The summed E-state index contributed by atoms with van der Waals surface area (Å²) in [6, 6.07) is 7.40. The van der Waals surface area contributed by atoms with Gasteiger partial charge in [0.15, 0.2) is 11.6 Å². The normalized spacial score (nSPS) is 10.5. The molecule has 0 aliphatic carbocycles. The van der Waals surface area contributed by atoms with Crippen molar-refractivity contribution in [2.24, 2.45) is 0 Å². The van der Waals surface area contributed by atoms with Gasteiger partial charge in [0.05, 0.1) is 0 Å². The Morgan fingerprint density at radius 1 is 0.583 bits per heavy atom. The molecular formula is C18H18O6. The van der Waals surface area contributed by atoms with Crippen molar-refractivity contribution in [1.29, 1.82) is 0 Å². The van der Waals surface area contributed by atoms with Crippen LogP contribution in [0, 0.1) is 0 Å². The Morgan fingerprint density at radius 3 is 1.17 bits per heavy atom. The highest BCUT2D eigenvalue weighted by Gasteiger charge is 2.11. The third-order valence-corrected chi connectivity index (χ3v) is 3.51. The molecule has 0 unspecified atom stereocenters. The van der Waals surface area contributed by atoms with Crippen molar-refractivity contribution >= 4 is 11.6 Å². The molecule has 126 valence electrons. The SMILES string of the molecule is O=C(CCCCC(=O)c1cc(O)cc(O)c1)c1cc(O)cc(O)c1. The van der Waals surface area contributed by atoms with Crippen LogP contribution in [0.3, 0.4) is 0 Å². The summed E-state index contributed by atoms with van der Waals surface area (Å²) in [7, 11) is 0. The number of unbranched alkanes of at least 4 members (excludes halogenated alkanes) is 1. The van der Waals surface area contributed by atoms with E-state index in [0.717, 1.165) is 12.1 Å². The van der Waals surface area contributed by atoms with Crippen LogP contribution in [0.15, 0.2) is 36.4 Å². The van der Waals surface area contributed by atoms with E-state index in [-0.39, 0.29) is 58.5 Å². The van der Waals surface area contributed by atoms with Gasteiger partial charge in [-0.1, -0.05) is 0 Å². The summed E-state index contributed by atoms with van der Waals surface area (Å²) in [6.45, 7) is 0. The van der Waals surface area contributed by atoms with Crippen LogP contribution in [0.5, 0.6) is 23.0 Å². The number of carbonyl (C=O) groups is 2. The fraction of sp³-hybridized carbons (Fsp3) is 0.222. The monoisotopic (exact) mass is 330 g/mol. The summed E-state index contributed by atoms with van der Waals surface area (Å²) in [5.74, 6) is -1.20. The molecule has 0 heterocycles. The number of benzene rings is 2. The van der Waals surface area contributed by atoms with Gasteiger partial charge in [-0.3, -0.25) is 9.59 Å². The van der Waals surface area contributed by atoms with E-state index in [2.05, 4.69) is 0 Å². The molecule has 24 heavy (non-hydrogen) atoms. The van der Waals surface area contributed by atoms with E-state index in [4.69, 9.17) is 0 Å². The fourth-order valence-electron chi connectivity index (χ4n) is 2.37. The highest BCUT2D eigenvalue weighted by atomic mass is 16.3.